The lowest BCUT2D eigenvalue weighted by atomic mass is 10.1. The van der Waals surface area contributed by atoms with Gasteiger partial charge in [0.25, 0.3) is 17.7 Å². The van der Waals surface area contributed by atoms with Crippen LogP contribution in [0.15, 0.2) is 40.2 Å². The van der Waals surface area contributed by atoms with Crippen LogP contribution < -0.4 is 21.7 Å². The molecule has 0 aromatic rings. The van der Waals surface area contributed by atoms with E-state index >= 15 is 0 Å². The Hall–Kier alpha value is -4.28. The van der Waals surface area contributed by atoms with Crippen molar-refractivity contribution in [2.24, 2.45) is 10.7 Å². The summed E-state index contributed by atoms with van der Waals surface area (Å²) in [6.45, 7) is 14.3. The molecule has 24 heteroatoms. The summed E-state index contributed by atoms with van der Waals surface area (Å²) in [5.41, 5.74) is 7.46. The predicted molar refractivity (Wildman–Crippen MR) is 261 cm³/mol. The molecule has 1 unspecified atom stereocenters. The number of nitrogens with one attached hydrogen (secondary N) is 4. The highest BCUT2D eigenvalue weighted by Crippen LogP contribution is 2.18. The number of unbranched alkanes of at least 4 members (excludes halogenated alkanes) is 2. The van der Waals surface area contributed by atoms with Gasteiger partial charge in [-0.25, -0.2) is 10.1 Å². The highest BCUT2D eigenvalue weighted by atomic mass is 16.7. The summed E-state index contributed by atoms with van der Waals surface area (Å²) >= 11 is 0. The number of aliphatic imine (C=N–C) groups is 1. The number of nitrogens with two attached hydrogens (primary N) is 1. The molecule has 71 heavy (non-hydrogen) atoms. The van der Waals surface area contributed by atoms with E-state index in [-0.39, 0.29) is 37.9 Å². The van der Waals surface area contributed by atoms with E-state index in [1.807, 2.05) is 13.8 Å². The molecule has 0 fully saturated rings. The van der Waals surface area contributed by atoms with Gasteiger partial charge in [-0.3, -0.25) is 34.2 Å². The molecule has 0 radical (unpaired) electrons. The number of imide groups is 1. The van der Waals surface area contributed by atoms with Gasteiger partial charge in [0.2, 0.25) is 5.91 Å². The third kappa shape index (κ3) is 32.4. The molecule has 0 spiro atoms. The van der Waals surface area contributed by atoms with Crippen molar-refractivity contribution in [3.63, 3.8) is 0 Å². The van der Waals surface area contributed by atoms with Crippen LogP contribution in [0.1, 0.15) is 52.4 Å². The zero-order valence-electron chi connectivity index (χ0n) is 42.0. The standard InChI is InChI=1S/C47H82N8O16/c1-3-14-55(71-4-2)47(60)39-35-40(41(37-48)53-42(49)36-39)50-11-6-5-7-12-51-43(56)10-15-61-17-19-63-21-23-65-25-27-67-29-31-69-33-34-70-32-30-68-28-26-66-24-22-64-20-18-62-16-13-52-44(57)38-54-45(58)8-9-46(54)59/h8-9,35,37,43,48,50-51,56H,3-7,10-34,36,38H2,1-2H3,(H2,49,53)(H,52,57). The van der Waals surface area contributed by atoms with Crippen LogP contribution in [0.3, 0.4) is 0 Å². The van der Waals surface area contributed by atoms with Crippen LogP contribution in [0.2, 0.25) is 0 Å². The van der Waals surface area contributed by atoms with Crippen LogP contribution in [0, 0.1) is 5.41 Å². The molecule has 2 heterocycles. The molecule has 0 aliphatic carbocycles. The number of ether oxygens (including phenoxy) is 10. The molecule has 0 saturated heterocycles. The van der Waals surface area contributed by atoms with E-state index in [0.717, 1.165) is 48.9 Å². The van der Waals surface area contributed by atoms with Gasteiger partial charge in [0, 0.05) is 56.4 Å². The Morgan fingerprint density at radius 3 is 1.65 bits per heavy atom. The fraction of sp³-hybridized carbons (Fsp3) is 0.745. The van der Waals surface area contributed by atoms with Gasteiger partial charge in [-0.2, -0.15) is 0 Å². The first-order valence-corrected chi connectivity index (χ1v) is 24.7. The fourth-order valence-electron chi connectivity index (χ4n) is 6.23. The lowest BCUT2D eigenvalue weighted by Crippen LogP contribution is -2.41. The first-order valence-electron chi connectivity index (χ1n) is 24.7. The first kappa shape index (κ1) is 62.8. The summed E-state index contributed by atoms with van der Waals surface area (Å²) in [6, 6.07) is 0. The number of allylic oxidation sites excluding steroid dienone is 2. The summed E-state index contributed by atoms with van der Waals surface area (Å²) in [5.74, 6) is -1.44. The van der Waals surface area contributed by atoms with Crippen LogP contribution in [-0.4, -0.2) is 228 Å². The number of carbonyl (C=O) groups is 4. The van der Waals surface area contributed by atoms with E-state index < -0.39 is 23.9 Å². The van der Waals surface area contributed by atoms with Gasteiger partial charge < -0.3 is 74.3 Å². The number of amidine groups is 1. The monoisotopic (exact) mass is 1010 g/mol. The Morgan fingerprint density at radius 2 is 1.18 bits per heavy atom. The molecule has 2 rings (SSSR count). The Balaban J connectivity index is 1.25. The molecule has 406 valence electrons. The average molecular weight is 1020 g/mol. The lowest BCUT2D eigenvalue weighted by molar-refractivity contribution is -0.180. The van der Waals surface area contributed by atoms with Crippen molar-refractivity contribution in [3.05, 3.63) is 35.2 Å². The molecule has 0 saturated carbocycles. The third-order valence-corrected chi connectivity index (χ3v) is 9.78. The largest absolute Gasteiger partial charge is 0.387 e. The Labute approximate surface area is 418 Å². The van der Waals surface area contributed by atoms with E-state index in [1.54, 1.807) is 6.08 Å². The van der Waals surface area contributed by atoms with Crippen LogP contribution >= 0.6 is 0 Å². The van der Waals surface area contributed by atoms with Crippen LogP contribution in [0.25, 0.3) is 0 Å². The summed E-state index contributed by atoms with van der Waals surface area (Å²) in [6.07, 6.45) is 8.41. The summed E-state index contributed by atoms with van der Waals surface area (Å²) < 4.78 is 54.9. The number of aliphatic hydroxyl groups is 1. The Bertz CT molecular complexity index is 1580. The van der Waals surface area contributed by atoms with Crippen molar-refractivity contribution in [3.8, 4) is 0 Å². The quantitative estimate of drug-likeness (QED) is 0.0154. The van der Waals surface area contributed by atoms with Gasteiger partial charge >= 0.3 is 0 Å². The number of aliphatic hydroxyl groups excluding tert-OH is 1. The van der Waals surface area contributed by atoms with Crippen molar-refractivity contribution in [1.82, 2.24) is 25.9 Å². The maximum Gasteiger partial charge on any atom is 0.273 e. The molecule has 0 aromatic carbocycles. The first-order chi connectivity index (χ1) is 34.7. The van der Waals surface area contributed by atoms with Crippen LogP contribution in [0.5, 0.6) is 0 Å². The van der Waals surface area contributed by atoms with Crippen LogP contribution in [-0.2, 0) is 71.4 Å². The van der Waals surface area contributed by atoms with Gasteiger partial charge in [-0.05, 0) is 38.8 Å². The Kier molecular flexibility index (Phi) is 38.3. The zero-order valence-corrected chi connectivity index (χ0v) is 42.0. The summed E-state index contributed by atoms with van der Waals surface area (Å²) in [5, 5.41) is 28.4. The molecule has 0 bridgehead atoms. The fourth-order valence-corrected chi connectivity index (χ4v) is 6.23. The number of nitrogens with zero attached hydrogens (tertiary/aromatic N) is 3. The number of amides is 4. The molecule has 7 N–H and O–H groups in total. The number of hydroxylamine groups is 2. The summed E-state index contributed by atoms with van der Waals surface area (Å²) in [4.78, 5) is 58.6. The number of rotatable bonds is 49. The lowest BCUT2D eigenvalue weighted by Gasteiger charge is -2.22. The minimum absolute atomic E-state index is 0.169. The predicted octanol–water partition coefficient (Wildman–Crippen LogP) is -0.00983. The second-order valence-electron chi connectivity index (χ2n) is 15.5. The van der Waals surface area contributed by atoms with Gasteiger partial charge in [-0.1, -0.05) is 13.3 Å². The minimum atomic E-state index is -0.667. The SMILES string of the molecule is CCCN(OCC)C(=O)C1=CC(NCCCCCNC(O)CCOCCOCCOCCOCCOCCOCCOCCOCCOCCOCCNC(=O)CN2C(=O)C=CC2=O)=C(C=N)N=C(N)C1. The molecule has 4 amide bonds. The van der Waals surface area contributed by atoms with E-state index in [9.17, 15) is 24.3 Å². The zero-order chi connectivity index (χ0) is 51.4. The second kappa shape index (κ2) is 43.3. The highest BCUT2D eigenvalue weighted by Gasteiger charge is 2.25. The molecule has 2 aliphatic rings. The van der Waals surface area contributed by atoms with E-state index in [0.29, 0.717) is 175 Å². The average Bonchev–Trinajstić information content (AvgIpc) is 3.57. The minimum Gasteiger partial charge on any atom is -0.387 e. The van der Waals surface area contributed by atoms with E-state index in [2.05, 4.69) is 20.9 Å². The van der Waals surface area contributed by atoms with Crippen molar-refractivity contribution >= 4 is 35.7 Å². The maximum atomic E-state index is 13.2. The number of hydrogen-bond acceptors (Lipinski definition) is 21. The molecule has 0 aromatic heterocycles. The van der Waals surface area contributed by atoms with E-state index in [4.69, 9.17) is 63.3 Å². The van der Waals surface area contributed by atoms with E-state index in [1.165, 1.54) is 5.06 Å². The molecule has 1 atom stereocenters. The highest BCUT2D eigenvalue weighted by molar-refractivity contribution is 6.14. The van der Waals surface area contributed by atoms with Gasteiger partial charge in [0.1, 0.15) is 24.3 Å². The smallest absolute Gasteiger partial charge is 0.273 e. The van der Waals surface area contributed by atoms with Gasteiger partial charge in [-0.15, -0.1) is 0 Å². The molecular formula is C47H82N8O16. The molecule has 24 nitrogen and oxygen atoms in total. The number of carbonyl (C=O) groups excluding carboxylic acids is 4. The van der Waals surface area contributed by atoms with Crippen LogP contribution in [0.4, 0.5) is 0 Å². The molecular weight excluding hydrogens is 933 g/mol. The van der Waals surface area contributed by atoms with Crippen molar-refractivity contribution < 1.29 is 76.5 Å². The van der Waals surface area contributed by atoms with Crippen molar-refractivity contribution in [1.29, 1.82) is 5.41 Å². The van der Waals surface area contributed by atoms with Crippen molar-refractivity contribution in [2.45, 2.75) is 58.6 Å². The summed E-state index contributed by atoms with van der Waals surface area (Å²) in [7, 11) is 0. The topological polar surface area (TPSA) is 295 Å². The Morgan fingerprint density at radius 1 is 0.718 bits per heavy atom. The molecule has 2 aliphatic heterocycles. The number of hydrogen-bond donors (Lipinski definition) is 6. The third-order valence-electron chi connectivity index (χ3n) is 9.78. The maximum absolute atomic E-state index is 13.2. The van der Waals surface area contributed by atoms with Crippen molar-refractivity contribution in [2.75, 3.05) is 171 Å². The van der Waals surface area contributed by atoms with Gasteiger partial charge in [0.05, 0.1) is 144 Å². The normalized spacial score (nSPS) is 14.2. The van der Waals surface area contributed by atoms with Gasteiger partial charge in [0.15, 0.2) is 0 Å². The second-order valence-corrected chi connectivity index (χ2v) is 15.5.